The minimum absolute atomic E-state index is 0.0225. The highest BCUT2D eigenvalue weighted by atomic mass is 32.2. The summed E-state index contributed by atoms with van der Waals surface area (Å²) in [7, 11) is -6.12. The van der Waals surface area contributed by atoms with Crippen molar-refractivity contribution < 1.29 is 16.8 Å². The van der Waals surface area contributed by atoms with Crippen LogP contribution in [0.1, 0.15) is 13.8 Å². The lowest BCUT2D eigenvalue weighted by Crippen LogP contribution is -2.35. The quantitative estimate of drug-likeness (QED) is 0.740. The standard InChI is InChI=1S/C9H17NO4S2/c1-8(2)16(13,14)6-4-10-9-3-5-15(11,12)7-9/h3,5,8-10H,4,6-7H2,1-2H3. The Balaban J connectivity index is 2.37. The third-order valence-electron chi connectivity index (χ3n) is 2.44. The van der Waals surface area contributed by atoms with E-state index in [0.717, 1.165) is 0 Å². The fourth-order valence-electron chi connectivity index (χ4n) is 1.33. The molecule has 1 unspecified atom stereocenters. The molecule has 94 valence electrons. The zero-order chi connectivity index (χ0) is 12.4. The Morgan fingerprint density at radius 3 is 2.50 bits per heavy atom. The molecule has 0 amide bonds. The largest absolute Gasteiger partial charge is 0.309 e. The van der Waals surface area contributed by atoms with Crippen molar-refractivity contribution in [3.8, 4) is 0 Å². The Morgan fingerprint density at radius 2 is 2.06 bits per heavy atom. The molecule has 16 heavy (non-hydrogen) atoms. The van der Waals surface area contributed by atoms with Crippen molar-refractivity contribution in [3.63, 3.8) is 0 Å². The van der Waals surface area contributed by atoms with Crippen LogP contribution in [0.3, 0.4) is 0 Å². The highest BCUT2D eigenvalue weighted by Crippen LogP contribution is 2.07. The second-order valence-electron chi connectivity index (χ2n) is 4.13. The Bertz CT molecular complexity index is 462. The highest BCUT2D eigenvalue weighted by Gasteiger charge is 2.22. The molecule has 7 heteroatoms. The molecule has 1 aliphatic rings. The van der Waals surface area contributed by atoms with Gasteiger partial charge in [-0.05, 0) is 13.8 Å². The van der Waals surface area contributed by atoms with Crippen molar-refractivity contribution >= 4 is 19.7 Å². The minimum Gasteiger partial charge on any atom is -0.309 e. The van der Waals surface area contributed by atoms with E-state index in [1.54, 1.807) is 19.9 Å². The summed E-state index contributed by atoms with van der Waals surface area (Å²) in [6.45, 7) is 3.55. The lowest BCUT2D eigenvalue weighted by atomic mass is 10.3. The number of sulfone groups is 2. The van der Waals surface area contributed by atoms with Crippen molar-refractivity contribution in [3.05, 3.63) is 11.5 Å². The Labute approximate surface area is 96.8 Å². The predicted molar refractivity (Wildman–Crippen MR) is 63.6 cm³/mol. The molecule has 0 aromatic carbocycles. The van der Waals surface area contributed by atoms with Crippen LogP contribution in [0.2, 0.25) is 0 Å². The molecule has 0 fully saturated rings. The lowest BCUT2D eigenvalue weighted by Gasteiger charge is -2.11. The summed E-state index contributed by atoms with van der Waals surface area (Å²) < 4.78 is 45.0. The van der Waals surface area contributed by atoms with Gasteiger partial charge < -0.3 is 5.32 Å². The molecule has 0 spiro atoms. The molecule has 0 saturated heterocycles. The van der Waals surface area contributed by atoms with Gasteiger partial charge >= 0.3 is 0 Å². The number of rotatable bonds is 5. The average molecular weight is 267 g/mol. The summed E-state index contributed by atoms with van der Waals surface area (Å²) >= 11 is 0. The van der Waals surface area contributed by atoms with Gasteiger partial charge in [-0.1, -0.05) is 6.08 Å². The maximum atomic E-state index is 11.5. The van der Waals surface area contributed by atoms with Crippen LogP contribution in [0, 0.1) is 0 Å². The topological polar surface area (TPSA) is 80.3 Å². The summed E-state index contributed by atoms with van der Waals surface area (Å²) in [6, 6.07) is -0.257. The molecule has 0 saturated carbocycles. The van der Waals surface area contributed by atoms with Crippen molar-refractivity contribution in [2.24, 2.45) is 0 Å². The smallest absolute Gasteiger partial charge is 0.173 e. The molecule has 1 N–H and O–H groups in total. The van der Waals surface area contributed by atoms with Crippen molar-refractivity contribution in [1.82, 2.24) is 5.32 Å². The van der Waals surface area contributed by atoms with Gasteiger partial charge in [0.15, 0.2) is 19.7 Å². The van der Waals surface area contributed by atoms with E-state index in [1.165, 1.54) is 5.41 Å². The van der Waals surface area contributed by atoms with Gasteiger partial charge in [-0.2, -0.15) is 0 Å². The molecule has 1 heterocycles. The zero-order valence-corrected chi connectivity index (χ0v) is 11.0. The van der Waals surface area contributed by atoms with E-state index in [0.29, 0.717) is 0 Å². The number of hydrogen-bond acceptors (Lipinski definition) is 5. The summed E-state index contributed by atoms with van der Waals surface area (Å²) in [6.07, 6.45) is 1.55. The van der Waals surface area contributed by atoms with Crippen LogP contribution in [0.4, 0.5) is 0 Å². The summed E-state index contributed by atoms with van der Waals surface area (Å²) in [5, 5.41) is 3.68. The van der Waals surface area contributed by atoms with Crippen molar-refractivity contribution in [2.75, 3.05) is 18.1 Å². The van der Waals surface area contributed by atoms with Crippen molar-refractivity contribution in [1.29, 1.82) is 0 Å². The first-order valence-corrected chi connectivity index (χ1v) is 8.52. The van der Waals surface area contributed by atoms with E-state index in [-0.39, 0.29) is 24.1 Å². The highest BCUT2D eigenvalue weighted by molar-refractivity contribution is 7.94. The number of hydrogen-bond donors (Lipinski definition) is 1. The van der Waals surface area contributed by atoms with Crippen LogP contribution in [0.5, 0.6) is 0 Å². The Kier molecular flexibility index (Phi) is 4.14. The summed E-state index contributed by atoms with van der Waals surface area (Å²) in [4.78, 5) is 0. The molecule has 1 rings (SSSR count). The van der Waals surface area contributed by atoms with Crippen molar-refractivity contribution in [2.45, 2.75) is 25.1 Å². The molecule has 0 aromatic rings. The zero-order valence-electron chi connectivity index (χ0n) is 9.38. The van der Waals surface area contributed by atoms with E-state index >= 15 is 0 Å². The fraction of sp³-hybridized carbons (Fsp3) is 0.778. The molecule has 0 bridgehead atoms. The summed E-state index contributed by atoms with van der Waals surface area (Å²) in [5.41, 5.74) is 0. The van der Waals surface area contributed by atoms with E-state index < -0.39 is 24.9 Å². The third kappa shape index (κ3) is 3.88. The number of nitrogens with one attached hydrogen (secondary N) is 1. The monoisotopic (exact) mass is 267 g/mol. The average Bonchev–Trinajstić information content (AvgIpc) is 2.45. The third-order valence-corrected chi connectivity index (χ3v) is 6.05. The van der Waals surface area contributed by atoms with Gasteiger partial charge in [0.25, 0.3) is 0 Å². The van der Waals surface area contributed by atoms with E-state index in [4.69, 9.17) is 0 Å². The molecular formula is C9H17NO4S2. The SMILES string of the molecule is CC(C)S(=O)(=O)CCNC1C=CS(=O)(=O)C1. The lowest BCUT2D eigenvalue weighted by molar-refractivity contribution is 0.577. The van der Waals surface area contributed by atoms with Gasteiger partial charge in [-0.15, -0.1) is 0 Å². The van der Waals surface area contributed by atoms with Crippen LogP contribution in [0.15, 0.2) is 11.5 Å². The minimum atomic E-state index is -3.07. The molecule has 0 aromatic heterocycles. The molecule has 1 aliphatic heterocycles. The fourth-order valence-corrected chi connectivity index (χ4v) is 3.47. The maximum absolute atomic E-state index is 11.5. The first-order valence-electron chi connectivity index (χ1n) is 5.09. The molecule has 0 aliphatic carbocycles. The summed E-state index contributed by atoms with van der Waals surface area (Å²) in [5.74, 6) is 0.0593. The van der Waals surface area contributed by atoms with Crippen LogP contribution < -0.4 is 5.32 Å². The van der Waals surface area contributed by atoms with Gasteiger partial charge in [0.2, 0.25) is 0 Å². The first-order chi connectivity index (χ1) is 7.23. The van der Waals surface area contributed by atoms with Gasteiger partial charge in [0.1, 0.15) is 0 Å². The second kappa shape index (κ2) is 4.85. The Hall–Kier alpha value is -0.400. The van der Waals surface area contributed by atoms with Gasteiger partial charge in [0, 0.05) is 18.0 Å². The van der Waals surface area contributed by atoms with Gasteiger partial charge in [-0.25, -0.2) is 16.8 Å². The molecule has 0 radical (unpaired) electrons. The second-order valence-corrected chi connectivity index (χ2v) is 8.74. The van der Waals surface area contributed by atoms with Gasteiger partial charge in [-0.3, -0.25) is 0 Å². The maximum Gasteiger partial charge on any atom is 0.173 e. The van der Waals surface area contributed by atoms with Gasteiger partial charge in [0.05, 0.1) is 16.8 Å². The molecular weight excluding hydrogens is 250 g/mol. The van der Waals surface area contributed by atoms with Crippen LogP contribution in [0.25, 0.3) is 0 Å². The van der Waals surface area contributed by atoms with Crippen LogP contribution in [-0.4, -0.2) is 46.2 Å². The van der Waals surface area contributed by atoms with Crippen LogP contribution >= 0.6 is 0 Å². The predicted octanol–water partition coefficient (Wildman–Crippen LogP) is -0.290. The molecule has 5 nitrogen and oxygen atoms in total. The first kappa shape index (κ1) is 13.7. The van der Waals surface area contributed by atoms with E-state index in [9.17, 15) is 16.8 Å². The van der Waals surface area contributed by atoms with Crippen LogP contribution in [-0.2, 0) is 19.7 Å². The normalized spacial score (nSPS) is 24.1. The van der Waals surface area contributed by atoms with E-state index in [2.05, 4.69) is 5.32 Å². The molecule has 1 atom stereocenters. The van der Waals surface area contributed by atoms with E-state index in [1.807, 2.05) is 0 Å². The Morgan fingerprint density at radius 1 is 1.44 bits per heavy atom.